The van der Waals surface area contributed by atoms with E-state index >= 15 is 0 Å². The molecule has 0 radical (unpaired) electrons. The Morgan fingerprint density at radius 3 is 2.68 bits per heavy atom. The molecular weight excluding hydrogens is 238 g/mol. The van der Waals surface area contributed by atoms with Gasteiger partial charge in [-0.15, -0.1) is 0 Å². The van der Waals surface area contributed by atoms with Crippen LogP contribution < -0.4 is 5.73 Å². The Kier molecular flexibility index (Phi) is 2.43. The highest BCUT2D eigenvalue weighted by molar-refractivity contribution is 5.86. The van der Waals surface area contributed by atoms with Gasteiger partial charge in [-0.3, -0.25) is 0 Å². The smallest absolute Gasteiger partial charge is 0.381 e. The van der Waals surface area contributed by atoms with Crippen molar-refractivity contribution in [3.8, 4) is 11.8 Å². The maximum absolute atomic E-state index is 10.9. The monoisotopic (exact) mass is 261 g/mol. The number of carboxylic acid groups (broad SMARTS) is 1. The van der Waals surface area contributed by atoms with Crippen LogP contribution in [0.1, 0.15) is 46.5 Å². The molecule has 3 rings (SSSR count). The molecule has 0 spiro atoms. The van der Waals surface area contributed by atoms with Gasteiger partial charge in [0.25, 0.3) is 0 Å². The number of hydrogen-bond donors (Lipinski definition) is 2. The van der Waals surface area contributed by atoms with E-state index in [-0.39, 0.29) is 22.3 Å². The maximum Gasteiger partial charge on any atom is 0.381 e. The largest absolute Gasteiger partial charge is 0.472 e. The SMILES string of the molecule is C[C@@H](N)[C@]1(C#CC(=O)O)[C@@]2(C)C[C@H]3CC[C@]1(C)[C@@H]2C3. The second-order valence-electron chi connectivity index (χ2n) is 7.38. The second kappa shape index (κ2) is 3.55. The number of nitrogens with two attached hydrogens (primary N) is 1. The molecule has 19 heavy (non-hydrogen) atoms. The first-order chi connectivity index (χ1) is 8.78. The molecule has 0 amide bonds. The fourth-order valence-electron chi connectivity index (χ4n) is 6.35. The summed E-state index contributed by atoms with van der Waals surface area (Å²) in [5.74, 6) is 5.98. The van der Waals surface area contributed by atoms with Gasteiger partial charge in [-0.1, -0.05) is 19.8 Å². The first-order valence-electron chi connectivity index (χ1n) is 7.29. The summed E-state index contributed by atoms with van der Waals surface area (Å²) < 4.78 is 0. The third-order valence-electron chi connectivity index (χ3n) is 6.74. The molecule has 3 nitrogen and oxygen atoms in total. The van der Waals surface area contributed by atoms with Crippen molar-refractivity contribution >= 4 is 5.97 Å². The topological polar surface area (TPSA) is 63.3 Å². The van der Waals surface area contributed by atoms with Crippen molar-refractivity contribution in [1.29, 1.82) is 0 Å². The van der Waals surface area contributed by atoms with E-state index in [4.69, 9.17) is 10.8 Å². The van der Waals surface area contributed by atoms with E-state index < -0.39 is 5.97 Å². The van der Waals surface area contributed by atoms with Crippen LogP contribution in [0.15, 0.2) is 0 Å². The van der Waals surface area contributed by atoms with Crippen LogP contribution in [0.4, 0.5) is 0 Å². The average molecular weight is 261 g/mol. The molecule has 6 atom stereocenters. The van der Waals surface area contributed by atoms with Gasteiger partial charge >= 0.3 is 5.97 Å². The third-order valence-corrected chi connectivity index (χ3v) is 6.74. The Morgan fingerprint density at radius 2 is 2.11 bits per heavy atom. The summed E-state index contributed by atoms with van der Waals surface area (Å²) >= 11 is 0. The number of aliphatic carboxylic acids is 1. The lowest BCUT2D eigenvalue weighted by Crippen LogP contribution is -2.73. The van der Waals surface area contributed by atoms with Crippen molar-refractivity contribution in [2.24, 2.45) is 33.8 Å². The normalized spacial score (nSPS) is 51.8. The number of carbonyl (C=O) groups is 1. The molecule has 0 saturated heterocycles. The molecule has 0 aromatic heterocycles. The molecule has 3 saturated carbocycles. The van der Waals surface area contributed by atoms with Crippen LogP contribution in [0.2, 0.25) is 0 Å². The Labute approximate surface area is 114 Å². The average Bonchev–Trinajstić information content (AvgIpc) is 2.51. The van der Waals surface area contributed by atoms with Crippen LogP contribution in [0.3, 0.4) is 0 Å². The molecule has 3 aliphatic carbocycles. The van der Waals surface area contributed by atoms with E-state index in [0.717, 1.165) is 12.3 Å². The molecule has 3 heteroatoms. The summed E-state index contributed by atoms with van der Waals surface area (Å²) in [6.45, 7) is 6.60. The molecular formula is C16H23NO2. The van der Waals surface area contributed by atoms with Gasteiger partial charge in [0.05, 0.1) is 5.41 Å². The summed E-state index contributed by atoms with van der Waals surface area (Å²) in [5.41, 5.74) is 6.22. The minimum atomic E-state index is -1.04. The van der Waals surface area contributed by atoms with Gasteiger partial charge in [-0.25, -0.2) is 4.79 Å². The summed E-state index contributed by atoms with van der Waals surface area (Å²) in [4.78, 5) is 10.9. The van der Waals surface area contributed by atoms with Crippen LogP contribution in [0, 0.1) is 39.9 Å². The van der Waals surface area contributed by atoms with Gasteiger partial charge in [-0.2, -0.15) is 0 Å². The first kappa shape index (κ1) is 13.0. The summed E-state index contributed by atoms with van der Waals surface area (Å²) in [7, 11) is 0. The van der Waals surface area contributed by atoms with Crippen molar-refractivity contribution < 1.29 is 9.90 Å². The molecule has 0 aromatic rings. The summed E-state index contributed by atoms with van der Waals surface area (Å²) in [5, 5.41) is 8.94. The molecule has 104 valence electrons. The predicted octanol–water partition coefficient (Wildman–Crippen LogP) is 2.25. The molecule has 3 aliphatic rings. The highest BCUT2D eigenvalue weighted by atomic mass is 16.4. The van der Waals surface area contributed by atoms with E-state index in [1.165, 1.54) is 19.3 Å². The summed E-state index contributed by atoms with van der Waals surface area (Å²) in [6.07, 6.45) is 4.86. The molecule has 3 fully saturated rings. The zero-order valence-corrected chi connectivity index (χ0v) is 12.0. The van der Waals surface area contributed by atoms with Crippen molar-refractivity contribution in [1.82, 2.24) is 0 Å². The lowest BCUT2D eigenvalue weighted by atomic mass is 9.30. The van der Waals surface area contributed by atoms with Crippen LogP contribution in [0.5, 0.6) is 0 Å². The molecule has 0 heterocycles. The van der Waals surface area contributed by atoms with Gasteiger partial charge in [-0.05, 0) is 55.3 Å². The van der Waals surface area contributed by atoms with Crippen molar-refractivity contribution in [3.05, 3.63) is 0 Å². The summed E-state index contributed by atoms with van der Waals surface area (Å²) in [6, 6.07) is -0.0811. The number of carboxylic acids is 1. The van der Waals surface area contributed by atoms with E-state index in [0.29, 0.717) is 5.92 Å². The highest BCUT2D eigenvalue weighted by Crippen LogP contribution is 2.82. The zero-order valence-electron chi connectivity index (χ0n) is 12.0. The van der Waals surface area contributed by atoms with Crippen LogP contribution in [-0.2, 0) is 4.79 Å². The van der Waals surface area contributed by atoms with E-state index in [9.17, 15) is 4.79 Å². The first-order valence-corrected chi connectivity index (χ1v) is 7.29. The van der Waals surface area contributed by atoms with Gasteiger partial charge in [0.2, 0.25) is 0 Å². The zero-order chi connectivity index (χ0) is 14.1. The van der Waals surface area contributed by atoms with Gasteiger partial charge < -0.3 is 10.8 Å². The molecule has 0 aliphatic heterocycles. The van der Waals surface area contributed by atoms with E-state index in [1.807, 2.05) is 6.92 Å². The quantitative estimate of drug-likeness (QED) is 0.712. The molecule has 0 unspecified atom stereocenters. The third kappa shape index (κ3) is 1.22. The molecule has 3 N–H and O–H groups in total. The minimum Gasteiger partial charge on any atom is -0.472 e. The maximum atomic E-state index is 10.9. The molecule has 2 bridgehead atoms. The van der Waals surface area contributed by atoms with Gasteiger partial charge in [0, 0.05) is 12.0 Å². The number of rotatable bonds is 1. The lowest BCUT2D eigenvalue weighted by molar-refractivity contribution is -0.226. The predicted molar refractivity (Wildman–Crippen MR) is 73.2 cm³/mol. The Hall–Kier alpha value is -1.01. The van der Waals surface area contributed by atoms with Crippen molar-refractivity contribution in [2.75, 3.05) is 0 Å². The minimum absolute atomic E-state index is 0.0811. The Bertz CT molecular complexity index is 491. The standard InChI is InChI=1S/C16H23NO2/c1-10(17)16(7-5-13(18)19)14(2)6-4-11-8-12(14)15(16,3)9-11/h10-12H,4,6,8-9,17H2,1-3H3,(H,18,19)/t10-,11+,12+,14-,15+,16+/m1/s1. The van der Waals surface area contributed by atoms with Gasteiger partial charge in [0.15, 0.2) is 0 Å². The van der Waals surface area contributed by atoms with E-state index in [2.05, 4.69) is 25.7 Å². The Morgan fingerprint density at radius 1 is 1.42 bits per heavy atom. The van der Waals surface area contributed by atoms with Crippen molar-refractivity contribution in [2.45, 2.75) is 52.5 Å². The van der Waals surface area contributed by atoms with Crippen LogP contribution in [0.25, 0.3) is 0 Å². The number of fused-ring (bicyclic) bond motifs is 1. The second-order valence-corrected chi connectivity index (χ2v) is 7.38. The van der Waals surface area contributed by atoms with Crippen molar-refractivity contribution in [3.63, 3.8) is 0 Å². The number of hydrogen-bond acceptors (Lipinski definition) is 2. The fraction of sp³-hybridized carbons (Fsp3) is 0.812. The van der Waals surface area contributed by atoms with E-state index in [1.54, 1.807) is 0 Å². The van der Waals surface area contributed by atoms with Crippen LogP contribution >= 0.6 is 0 Å². The lowest BCUT2D eigenvalue weighted by Gasteiger charge is -2.72. The fourth-order valence-corrected chi connectivity index (χ4v) is 6.35. The Balaban J connectivity index is 2.15. The molecule has 0 aromatic carbocycles. The van der Waals surface area contributed by atoms with Gasteiger partial charge in [0.1, 0.15) is 0 Å². The highest BCUT2D eigenvalue weighted by Gasteiger charge is 2.79. The van der Waals surface area contributed by atoms with Crippen LogP contribution in [-0.4, -0.2) is 17.1 Å².